The van der Waals surface area contributed by atoms with Crippen LogP contribution in [0.5, 0.6) is 5.75 Å². The van der Waals surface area contributed by atoms with Gasteiger partial charge >= 0.3 is 12.1 Å². The lowest BCUT2D eigenvalue weighted by atomic mass is 10.1. The van der Waals surface area contributed by atoms with E-state index in [0.29, 0.717) is 39.5 Å². The summed E-state index contributed by atoms with van der Waals surface area (Å²) in [7, 11) is 0. The molecular formula is C24H25N3O6S2. The number of aromatic nitrogens is 3. The van der Waals surface area contributed by atoms with E-state index in [4.69, 9.17) is 19.2 Å². The molecule has 3 aromatic heterocycles. The Labute approximate surface area is 210 Å². The first-order chi connectivity index (χ1) is 16.7. The van der Waals surface area contributed by atoms with Crippen LogP contribution in [0, 0.1) is 6.92 Å². The number of ether oxygens (including phenoxy) is 2. The van der Waals surface area contributed by atoms with Gasteiger partial charge in [-0.05, 0) is 51.5 Å². The molecule has 0 amide bonds. The molecule has 0 saturated carbocycles. The van der Waals surface area contributed by atoms with Gasteiger partial charge in [-0.3, -0.25) is 4.89 Å². The third-order valence-electron chi connectivity index (χ3n) is 4.87. The highest BCUT2D eigenvalue weighted by Gasteiger charge is 2.25. The largest absolute Gasteiger partial charge is 0.486 e. The lowest BCUT2D eigenvalue weighted by molar-refractivity contribution is -0.279. The summed E-state index contributed by atoms with van der Waals surface area (Å²) in [6.07, 6.45) is 2.73. The fraction of sp³-hybridized carbons (Fsp3) is 0.333. The zero-order valence-electron chi connectivity index (χ0n) is 19.8. The zero-order valence-corrected chi connectivity index (χ0v) is 21.4. The molecular weight excluding hydrogens is 490 g/mol. The van der Waals surface area contributed by atoms with E-state index in [1.54, 1.807) is 58.3 Å². The number of hydrogen-bond donors (Lipinski definition) is 0. The number of hydrogen-bond acceptors (Lipinski definition) is 10. The van der Waals surface area contributed by atoms with Gasteiger partial charge in [-0.15, -0.1) is 22.7 Å². The summed E-state index contributed by atoms with van der Waals surface area (Å²) >= 11 is 2.90. The SMILES string of the molecule is Cc1c(CC(=O)OOCc2nccs2)c2cc(OCc3nccs3)ccc2n1C(=O)OC(C)(C)C. The maximum absolute atomic E-state index is 13.0. The molecule has 11 heteroatoms. The third kappa shape index (κ3) is 6.24. The van der Waals surface area contributed by atoms with Gasteiger partial charge in [-0.1, -0.05) is 0 Å². The van der Waals surface area contributed by atoms with E-state index in [0.717, 1.165) is 5.01 Å². The molecule has 0 atom stereocenters. The number of thiazole rings is 2. The number of carbonyl (C=O) groups excluding carboxylic acids is 2. The van der Waals surface area contributed by atoms with Crippen LogP contribution >= 0.6 is 22.7 Å². The van der Waals surface area contributed by atoms with Gasteiger partial charge in [0.15, 0.2) is 0 Å². The molecule has 0 N–H and O–H groups in total. The molecule has 0 radical (unpaired) electrons. The second-order valence-corrected chi connectivity index (χ2v) is 10.6. The van der Waals surface area contributed by atoms with Gasteiger partial charge in [-0.2, -0.15) is 4.89 Å². The van der Waals surface area contributed by atoms with Gasteiger partial charge in [0.1, 0.15) is 34.6 Å². The average molecular weight is 516 g/mol. The Morgan fingerprint density at radius 2 is 1.71 bits per heavy atom. The van der Waals surface area contributed by atoms with E-state index in [9.17, 15) is 9.59 Å². The van der Waals surface area contributed by atoms with E-state index in [1.165, 1.54) is 27.2 Å². The van der Waals surface area contributed by atoms with E-state index in [2.05, 4.69) is 9.97 Å². The summed E-state index contributed by atoms with van der Waals surface area (Å²) in [5, 5.41) is 5.91. The second-order valence-electron chi connectivity index (χ2n) is 8.59. The predicted molar refractivity (Wildman–Crippen MR) is 131 cm³/mol. The van der Waals surface area contributed by atoms with Gasteiger partial charge in [-0.25, -0.2) is 24.1 Å². The molecule has 184 valence electrons. The number of nitrogens with zero attached hydrogens (tertiary/aromatic N) is 3. The first-order valence-corrected chi connectivity index (χ1v) is 12.6. The van der Waals surface area contributed by atoms with Crippen molar-refractivity contribution < 1.29 is 28.8 Å². The topological polar surface area (TPSA) is 102 Å². The number of rotatable bonds is 8. The molecule has 4 aromatic rings. The smallest absolute Gasteiger partial charge is 0.419 e. The van der Waals surface area contributed by atoms with E-state index >= 15 is 0 Å². The number of carbonyl (C=O) groups is 2. The molecule has 0 spiro atoms. The maximum atomic E-state index is 13.0. The van der Waals surface area contributed by atoms with Crippen LogP contribution in [0.1, 0.15) is 42.0 Å². The minimum absolute atomic E-state index is 0.0663. The molecule has 9 nitrogen and oxygen atoms in total. The van der Waals surface area contributed by atoms with Crippen LogP contribution in [0.4, 0.5) is 4.79 Å². The van der Waals surface area contributed by atoms with E-state index < -0.39 is 17.7 Å². The molecule has 0 unspecified atom stereocenters. The molecule has 3 heterocycles. The minimum atomic E-state index is -0.681. The summed E-state index contributed by atoms with van der Waals surface area (Å²) in [6, 6.07) is 5.35. The quantitative estimate of drug-likeness (QED) is 0.226. The van der Waals surface area contributed by atoms with Crippen molar-refractivity contribution in [3.8, 4) is 5.75 Å². The summed E-state index contributed by atoms with van der Waals surface area (Å²) in [5.74, 6) is -0.00863. The van der Waals surface area contributed by atoms with Gasteiger partial charge < -0.3 is 9.47 Å². The van der Waals surface area contributed by atoms with Gasteiger partial charge in [0, 0.05) is 34.2 Å². The average Bonchev–Trinajstić information content (AvgIpc) is 3.53. The Bertz CT molecular complexity index is 1310. The number of fused-ring (bicyclic) bond motifs is 1. The Hall–Kier alpha value is -3.28. The van der Waals surface area contributed by atoms with Crippen LogP contribution in [-0.4, -0.2) is 32.2 Å². The van der Waals surface area contributed by atoms with E-state index in [-0.39, 0.29) is 13.0 Å². The van der Waals surface area contributed by atoms with Crippen LogP contribution in [0.2, 0.25) is 0 Å². The summed E-state index contributed by atoms with van der Waals surface area (Å²) in [4.78, 5) is 43.9. The fourth-order valence-electron chi connectivity index (χ4n) is 3.43. The molecule has 35 heavy (non-hydrogen) atoms. The molecule has 0 aliphatic carbocycles. The molecule has 0 fully saturated rings. The van der Waals surface area contributed by atoms with Gasteiger partial charge in [0.25, 0.3) is 0 Å². The third-order valence-corrected chi connectivity index (χ3v) is 6.37. The predicted octanol–water partition coefficient (Wildman–Crippen LogP) is 5.44. The highest BCUT2D eigenvalue weighted by molar-refractivity contribution is 7.09. The molecule has 0 bridgehead atoms. The lowest BCUT2D eigenvalue weighted by Gasteiger charge is -2.20. The molecule has 4 rings (SSSR count). The summed E-state index contributed by atoms with van der Waals surface area (Å²) in [5.41, 5.74) is 1.11. The monoisotopic (exact) mass is 515 g/mol. The van der Waals surface area contributed by atoms with Crippen LogP contribution < -0.4 is 4.74 Å². The highest BCUT2D eigenvalue weighted by atomic mass is 32.1. The fourth-order valence-corrected chi connectivity index (χ4v) is 4.48. The van der Waals surface area contributed by atoms with Crippen LogP contribution in [-0.2, 0) is 38.9 Å². The van der Waals surface area contributed by atoms with Gasteiger partial charge in [0.2, 0.25) is 0 Å². The van der Waals surface area contributed by atoms with Crippen molar-refractivity contribution in [2.45, 2.75) is 52.9 Å². The van der Waals surface area contributed by atoms with Crippen LogP contribution in [0.25, 0.3) is 10.9 Å². The molecule has 0 aliphatic heterocycles. The maximum Gasteiger partial charge on any atom is 0.419 e. The molecule has 0 saturated heterocycles. The van der Waals surface area contributed by atoms with Crippen molar-refractivity contribution in [2.24, 2.45) is 0 Å². The standard InChI is InChI=1S/C24H25N3O6S2/c1-15-17(12-22(28)33-31-14-21-26-8-10-35-21)18-11-16(30-13-20-25-7-9-34-20)5-6-19(18)27(15)23(29)32-24(2,3)4/h5-11H,12-14H2,1-4H3. The molecule has 1 aromatic carbocycles. The van der Waals surface area contributed by atoms with Gasteiger partial charge in [0.05, 0.1) is 11.9 Å². The first-order valence-electron chi connectivity index (χ1n) is 10.8. The van der Waals surface area contributed by atoms with Crippen LogP contribution in [0.15, 0.2) is 41.4 Å². The van der Waals surface area contributed by atoms with Crippen LogP contribution in [0.3, 0.4) is 0 Å². The second kappa shape index (κ2) is 10.5. The summed E-state index contributed by atoms with van der Waals surface area (Å²) < 4.78 is 13.0. The Morgan fingerprint density at radius 3 is 2.34 bits per heavy atom. The van der Waals surface area contributed by atoms with E-state index in [1.807, 2.05) is 10.8 Å². The summed E-state index contributed by atoms with van der Waals surface area (Å²) in [6.45, 7) is 7.55. The van der Waals surface area contributed by atoms with Crippen molar-refractivity contribution in [3.63, 3.8) is 0 Å². The zero-order chi connectivity index (χ0) is 25.0. The Balaban J connectivity index is 1.60. The number of benzene rings is 1. The normalized spacial score (nSPS) is 11.5. The first kappa shape index (κ1) is 24.8. The van der Waals surface area contributed by atoms with Crippen molar-refractivity contribution in [2.75, 3.05) is 0 Å². The Kier molecular flexibility index (Phi) is 7.48. The lowest BCUT2D eigenvalue weighted by Crippen LogP contribution is -2.27. The highest BCUT2D eigenvalue weighted by Crippen LogP contribution is 2.31. The van der Waals surface area contributed by atoms with Crippen molar-refractivity contribution in [1.82, 2.24) is 14.5 Å². The van der Waals surface area contributed by atoms with Crippen molar-refractivity contribution in [1.29, 1.82) is 0 Å². The molecule has 0 aliphatic rings. The van der Waals surface area contributed by atoms with Crippen molar-refractivity contribution >= 4 is 45.6 Å². The Morgan fingerprint density at radius 1 is 1.03 bits per heavy atom. The minimum Gasteiger partial charge on any atom is -0.486 e. The van der Waals surface area contributed by atoms with Crippen molar-refractivity contribution in [3.05, 3.63) is 62.6 Å².